The highest BCUT2D eigenvalue weighted by atomic mass is 19.4. The number of carbonyl (C=O) groups excluding carboxylic acids is 1. The second kappa shape index (κ2) is 12.8. The molecule has 0 aromatic heterocycles. The quantitative estimate of drug-likeness (QED) is 0.284. The molecule has 2 fully saturated rings. The van der Waals surface area contributed by atoms with Gasteiger partial charge in [-0.05, 0) is 60.9 Å². The van der Waals surface area contributed by atoms with E-state index in [9.17, 15) is 31.1 Å². The minimum atomic E-state index is -4.74. The molecule has 218 valence electrons. The van der Waals surface area contributed by atoms with Crippen molar-refractivity contribution in [2.24, 2.45) is 5.92 Å². The molecule has 4 nitrogen and oxygen atoms in total. The van der Waals surface area contributed by atoms with E-state index in [1.54, 1.807) is 12.1 Å². The van der Waals surface area contributed by atoms with Crippen LogP contribution in [0.3, 0.4) is 0 Å². The van der Waals surface area contributed by atoms with Crippen molar-refractivity contribution in [2.75, 3.05) is 7.11 Å². The van der Waals surface area contributed by atoms with Gasteiger partial charge in [-0.1, -0.05) is 57.4 Å². The fraction of sp³-hybridized carbons (Fsp3) is 0.621. The monoisotopic (exact) mass is 561 g/mol. The standard InChI is InChI=1S/C27H31F6NO3.C2H6/c1-36-24(35)25(14-3-2-4-15-25)34-16-17-6-5-7-21-20(17)12-13-22(23(21)27(31,32)33)37-19-10-8-18(9-11-19)26(28,29)30;1-2/h5-7,12-13,18-19,34H,2-4,8-11,14-16H2,1H3;1-2H3. The Labute approximate surface area is 225 Å². The molecule has 1 N–H and O–H groups in total. The van der Waals surface area contributed by atoms with Gasteiger partial charge in [-0.25, -0.2) is 0 Å². The Morgan fingerprint density at radius 3 is 2.13 bits per heavy atom. The number of hydrogen-bond acceptors (Lipinski definition) is 4. The van der Waals surface area contributed by atoms with Crippen LogP contribution < -0.4 is 10.1 Å². The third-order valence-corrected chi connectivity index (χ3v) is 7.73. The molecule has 2 aromatic rings. The summed E-state index contributed by atoms with van der Waals surface area (Å²) in [6.07, 6.45) is -6.12. The first-order valence-corrected chi connectivity index (χ1v) is 13.6. The highest BCUT2D eigenvalue weighted by Crippen LogP contribution is 2.44. The minimum Gasteiger partial charge on any atom is -0.490 e. The number of esters is 1. The summed E-state index contributed by atoms with van der Waals surface area (Å²) in [7, 11) is 1.32. The number of halogens is 6. The van der Waals surface area contributed by atoms with E-state index >= 15 is 0 Å². The van der Waals surface area contributed by atoms with E-state index in [1.807, 2.05) is 13.8 Å². The van der Waals surface area contributed by atoms with Crippen LogP contribution in [-0.2, 0) is 22.3 Å². The molecule has 10 heteroatoms. The lowest BCUT2D eigenvalue weighted by molar-refractivity contribution is -0.185. The summed E-state index contributed by atoms with van der Waals surface area (Å²) in [5.74, 6) is -2.20. The number of nitrogens with one attached hydrogen (secondary N) is 1. The zero-order valence-electron chi connectivity index (χ0n) is 22.6. The fourth-order valence-electron chi connectivity index (χ4n) is 5.70. The molecule has 0 bridgehead atoms. The van der Waals surface area contributed by atoms with Crippen LogP contribution in [0.25, 0.3) is 10.8 Å². The van der Waals surface area contributed by atoms with Crippen LogP contribution in [0, 0.1) is 5.92 Å². The van der Waals surface area contributed by atoms with E-state index in [2.05, 4.69) is 5.32 Å². The highest BCUT2D eigenvalue weighted by molar-refractivity contribution is 5.91. The number of fused-ring (bicyclic) bond motifs is 1. The summed E-state index contributed by atoms with van der Waals surface area (Å²) < 4.78 is 92.4. The maximum absolute atomic E-state index is 14.3. The molecule has 0 unspecified atom stereocenters. The van der Waals surface area contributed by atoms with Crippen molar-refractivity contribution in [1.82, 2.24) is 5.32 Å². The Morgan fingerprint density at radius 1 is 0.923 bits per heavy atom. The van der Waals surface area contributed by atoms with Crippen molar-refractivity contribution in [3.8, 4) is 5.75 Å². The molecule has 0 saturated heterocycles. The van der Waals surface area contributed by atoms with Crippen LogP contribution in [0.2, 0.25) is 0 Å². The third kappa shape index (κ3) is 7.18. The van der Waals surface area contributed by atoms with Crippen LogP contribution in [0.15, 0.2) is 30.3 Å². The van der Waals surface area contributed by atoms with Crippen molar-refractivity contribution >= 4 is 16.7 Å². The molecule has 39 heavy (non-hydrogen) atoms. The average molecular weight is 562 g/mol. The summed E-state index contributed by atoms with van der Waals surface area (Å²) in [5, 5.41) is 3.59. The van der Waals surface area contributed by atoms with Crippen molar-refractivity contribution in [3.63, 3.8) is 0 Å². The molecule has 2 aromatic carbocycles. The largest absolute Gasteiger partial charge is 0.490 e. The van der Waals surface area contributed by atoms with Crippen molar-refractivity contribution in [1.29, 1.82) is 0 Å². The first-order chi connectivity index (χ1) is 18.4. The zero-order chi connectivity index (χ0) is 28.8. The number of rotatable bonds is 6. The molecule has 0 heterocycles. The number of methoxy groups -OCH3 is 1. The molecular weight excluding hydrogens is 524 g/mol. The molecule has 0 atom stereocenters. The normalized spacial score (nSPS) is 21.6. The second-order valence-electron chi connectivity index (χ2n) is 10.1. The van der Waals surface area contributed by atoms with Crippen LogP contribution in [0.4, 0.5) is 26.3 Å². The van der Waals surface area contributed by atoms with Crippen molar-refractivity contribution in [2.45, 2.75) is 102 Å². The van der Waals surface area contributed by atoms with Gasteiger partial charge in [0.1, 0.15) is 16.9 Å². The SMILES string of the molecule is CC.COC(=O)C1(NCc2cccc3c(C(F)(F)F)c(OC4CCC(C(F)(F)F)CC4)ccc23)CCCCC1. The lowest BCUT2D eigenvalue weighted by atomic mass is 9.81. The van der Waals surface area contributed by atoms with Gasteiger partial charge in [-0.2, -0.15) is 26.3 Å². The summed E-state index contributed by atoms with van der Waals surface area (Å²) in [4.78, 5) is 12.6. The summed E-state index contributed by atoms with van der Waals surface area (Å²) in [6, 6.07) is 7.40. The maximum atomic E-state index is 14.3. The Morgan fingerprint density at radius 2 is 1.56 bits per heavy atom. The van der Waals surface area contributed by atoms with Gasteiger partial charge in [0, 0.05) is 6.54 Å². The van der Waals surface area contributed by atoms with Gasteiger partial charge in [0.05, 0.1) is 19.1 Å². The van der Waals surface area contributed by atoms with Gasteiger partial charge in [0.25, 0.3) is 0 Å². The van der Waals surface area contributed by atoms with E-state index in [0.717, 1.165) is 19.3 Å². The molecule has 0 radical (unpaired) electrons. The van der Waals surface area contributed by atoms with Gasteiger partial charge in [0.2, 0.25) is 0 Å². The zero-order valence-corrected chi connectivity index (χ0v) is 22.6. The minimum absolute atomic E-state index is 0.0408. The molecular formula is C29H37F6NO3. The molecule has 2 aliphatic rings. The van der Waals surface area contributed by atoms with E-state index in [4.69, 9.17) is 9.47 Å². The fourth-order valence-corrected chi connectivity index (χ4v) is 5.70. The second-order valence-corrected chi connectivity index (χ2v) is 10.1. The van der Waals surface area contributed by atoms with Gasteiger partial charge < -0.3 is 9.47 Å². The molecule has 2 saturated carbocycles. The maximum Gasteiger partial charge on any atom is 0.420 e. The van der Waals surface area contributed by atoms with Crippen LogP contribution in [0.1, 0.15) is 82.8 Å². The van der Waals surface area contributed by atoms with Crippen molar-refractivity contribution < 1.29 is 40.6 Å². The molecule has 0 aliphatic heterocycles. The van der Waals surface area contributed by atoms with Gasteiger partial charge in [-0.3, -0.25) is 10.1 Å². The first kappa shape index (κ1) is 31.0. The van der Waals surface area contributed by atoms with Crippen molar-refractivity contribution in [3.05, 3.63) is 41.5 Å². The first-order valence-electron chi connectivity index (χ1n) is 13.6. The highest BCUT2D eigenvalue weighted by Gasteiger charge is 2.43. The van der Waals surface area contributed by atoms with Gasteiger partial charge in [-0.15, -0.1) is 0 Å². The Kier molecular flexibility index (Phi) is 10.2. The van der Waals surface area contributed by atoms with Crippen LogP contribution >= 0.6 is 0 Å². The lowest BCUT2D eigenvalue weighted by Gasteiger charge is -2.35. The Balaban J connectivity index is 0.00000205. The van der Waals surface area contributed by atoms with Crippen LogP contribution in [0.5, 0.6) is 5.75 Å². The van der Waals surface area contributed by atoms with Gasteiger partial charge in [0.15, 0.2) is 0 Å². The topological polar surface area (TPSA) is 47.6 Å². The smallest absolute Gasteiger partial charge is 0.420 e. The number of hydrogen-bond donors (Lipinski definition) is 1. The van der Waals surface area contributed by atoms with E-state index in [0.29, 0.717) is 23.8 Å². The van der Waals surface area contributed by atoms with E-state index < -0.39 is 35.5 Å². The molecule has 0 amide bonds. The number of carbonyl (C=O) groups is 1. The Hall–Kier alpha value is -2.49. The predicted molar refractivity (Wildman–Crippen MR) is 137 cm³/mol. The molecule has 2 aliphatic carbocycles. The third-order valence-electron chi connectivity index (χ3n) is 7.73. The molecule has 4 rings (SSSR count). The number of ether oxygens (including phenoxy) is 2. The summed E-state index contributed by atoms with van der Waals surface area (Å²) in [5.41, 5.74) is -1.22. The number of benzene rings is 2. The molecule has 0 spiro atoms. The Bertz CT molecular complexity index is 1100. The van der Waals surface area contributed by atoms with E-state index in [1.165, 1.54) is 25.3 Å². The lowest BCUT2D eigenvalue weighted by Crippen LogP contribution is -2.53. The van der Waals surface area contributed by atoms with Crippen LogP contribution in [-0.4, -0.2) is 30.9 Å². The average Bonchev–Trinajstić information content (AvgIpc) is 2.92. The summed E-state index contributed by atoms with van der Waals surface area (Å²) in [6.45, 7) is 4.17. The van der Waals surface area contributed by atoms with E-state index in [-0.39, 0.29) is 49.3 Å². The van der Waals surface area contributed by atoms with Gasteiger partial charge >= 0.3 is 18.3 Å². The summed E-state index contributed by atoms with van der Waals surface area (Å²) >= 11 is 0. The number of alkyl halides is 6. The predicted octanol–water partition coefficient (Wildman–Crippen LogP) is 8.35.